The molecule has 1 fully saturated rings. The molecule has 0 radical (unpaired) electrons. The zero-order valence-corrected chi connectivity index (χ0v) is 16.5. The van der Waals surface area contributed by atoms with Crippen molar-refractivity contribution >= 4 is 11.8 Å². The quantitative estimate of drug-likeness (QED) is 0.846. The summed E-state index contributed by atoms with van der Waals surface area (Å²) in [6, 6.07) is 6.12. The van der Waals surface area contributed by atoms with Crippen LogP contribution in [0, 0.1) is 12.7 Å². The second-order valence-electron chi connectivity index (χ2n) is 7.32. The Morgan fingerprint density at radius 1 is 1.14 bits per heavy atom. The standard InChI is InChI=1S/C20H26FN5O2/c1-14(2)23-19(27)13-24-8-10-25(11-9-24)20(28)18-12-22-26(15(18)3)17-6-4-16(21)5-7-17/h4-7,12,14H,8-11,13H2,1-3H3,(H,23,27). The third-order valence-corrected chi connectivity index (χ3v) is 4.79. The summed E-state index contributed by atoms with van der Waals surface area (Å²) in [6.07, 6.45) is 1.56. The number of aromatic nitrogens is 2. The number of benzene rings is 1. The number of piperazine rings is 1. The fourth-order valence-corrected chi connectivity index (χ4v) is 3.31. The topological polar surface area (TPSA) is 70.5 Å². The molecule has 1 aliphatic heterocycles. The van der Waals surface area contributed by atoms with Crippen molar-refractivity contribution in [3.63, 3.8) is 0 Å². The first-order valence-electron chi connectivity index (χ1n) is 9.46. The molecule has 28 heavy (non-hydrogen) atoms. The van der Waals surface area contributed by atoms with Crippen LogP contribution >= 0.6 is 0 Å². The number of halogens is 1. The Morgan fingerprint density at radius 3 is 2.39 bits per heavy atom. The number of amides is 2. The molecule has 0 atom stereocenters. The highest BCUT2D eigenvalue weighted by molar-refractivity contribution is 5.95. The third kappa shape index (κ3) is 4.56. The van der Waals surface area contributed by atoms with E-state index in [0.717, 1.165) is 5.69 Å². The first kappa shape index (κ1) is 20.0. The van der Waals surface area contributed by atoms with Gasteiger partial charge in [-0.3, -0.25) is 14.5 Å². The summed E-state index contributed by atoms with van der Waals surface area (Å²) in [4.78, 5) is 28.6. The zero-order valence-electron chi connectivity index (χ0n) is 16.5. The summed E-state index contributed by atoms with van der Waals surface area (Å²) >= 11 is 0. The molecule has 1 saturated heterocycles. The highest BCUT2D eigenvalue weighted by Gasteiger charge is 2.26. The lowest BCUT2D eigenvalue weighted by Gasteiger charge is -2.34. The molecule has 3 rings (SSSR count). The fraction of sp³-hybridized carbons (Fsp3) is 0.450. The van der Waals surface area contributed by atoms with Crippen molar-refractivity contribution in [1.29, 1.82) is 0 Å². The van der Waals surface area contributed by atoms with E-state index in [0.29, 0.717) is 44.0 Å². The highest BCUT2D eigenvalue weighted by Crippen LogP contribution is 2.17. The van der Waals surface area contributed by atoms with Crippen molar-refractivity contribution in [2.75, 3.05) is 32.7 Å². The van der Waals surface area contributed by atoms with Crippen molar-refractivity contribution in [3.8, 4) is 5.69 Å². The minimum Gasteiger partial charge on any atom is -0.353 e. The van der Waals surface area contributed by atoms with Gasteiger partial charge in [-0.2, -0.15) is 5.10 Å². The summed E-state index contributed by atoms with van der Waals surface area (Å²) in [7, 11) is 0. The predicted molar refractivity (Wildman–Crippen MR) is 104 cm³/mol. The maximum Gasteiger partial charge on any atom is 0.257 e. The number of nitrogens with one attached hydrogen (secondary N) is 1. The van der Waals surface area contributed by atoms with Crippen LogP contribution in [0.1, 0.15) is 29.9 Å². The van der Waals surface area contributed by atoms with Crippen molar-refractivity contribution in [3.05, 3.63) is 47.5 Å². The number of carbonyl (C=O) groups excluding carboxylic acids is 2. The molecule has 150 valence electrons. The van der Waals surface area contributed by atoms with Crippen LogP contribution in [0.15, 0.2) is 30.5 Å². The van der Waals surface area contributed by atoms with Gasteiger partial charge in [0.15, 0.2) is 0 Å². The van der Waals surface area contributed by atoms with Crippen LogP contribution in [0.3, 0.4) is 0 Å². The van der Waals surface area contributed by atoms with E-state index in [2.05, 4.69) is 15.3 Å². The minimum atomic E-state index is -0.315. The Kier molecular flexibility index (Phi) is 6.08. The average Bonchev–Trinajstić information content (AvgIpc) is 3.03. The van der Waals surface area contributed by atoms with E-state index in [1.165, 1.54) is 12.1 Å². The van der Waals surface area contributed by atoms with Gasteiger partial charge in [-0.05, 0) is 45.0 Å². The molecular formula is C20H26FN5O2. The fourth-order valence-electron chi connectivity index (χ4n) is 3.31. The number of hydrogen-bond acceptors (Lipinski definition) is 4. The average molecular weight is 387 g/mol. The maximum atomic E-state index is 13.1. The van der Waals surface area contributed by atoms with E-state index in [4.69, 9.17) is 0 Å². The molecule has 1 aliphatic rings. The second kappa shape index (κ2) is 8.52. The van der Waals surface area contributed by atoms with E-state index in [9.17, 15) is 14.0 Å². The Morgan fingerprint density at radius 2 is 1.79 bits per heavy atom. The van der Waals surface area contributed by atoms with Gasteiger partial charge < -0.3 is 10.2 Å². The van der Waals surface area contributed by atoms with Gasteiger partial charge >= 0.3 is 0 Å². The van der Waals surface area contributed by atoms with Gasteiger partial charge in [0.1, 0.15) is 5.82 Å². The van der Waals surface area contributed by atoms with Crippen molar-refractivity contribution < 1.29 is 14.0 Å². The minimum absolute atomic E-state index is 0.00574. The van der Waals surface area contributed by atoms with Crippen LogP contribution in [0.4, 0.5) is 4.39 Å². The van der Waals surface area contributed by atoms with Gasteiger partial charge in [-0.15, -0.1) is 0 Å². The normalized spacial score (nSPS) is 15.1. The molecule has 8 heteroatoms. The van der Waals surface area contributed by atoms with Crippen molar-refractivity contribution in [2.24, 2.45) is 0 Å². The van der Waals surface area contributed by atoms with Crippen molar-refractivity contribution in [2.45, 2.75) is 26.8 Å². The van der Waals surface area contributed by atoms with Crippen LogP contribution in [-0.2, 0) is 4.79 Å². The lowest BCUT2D eigenvalue weighted by atomic mass is 10.2. The first-order chi connectivity index (χ1) is 13.3. The van der Waals surface area contributed by atoms with Gasteiger partial charge in [0.05, 0.1) is 29.7 Å². The second-order valence-corrected chi connectivity index (χ2v) is 7.32. The smallest absolute Gasteiger partial charge is 0.257 e. The number of hydrogen-bond donors (Lipinski definition) is 1. The van der Waals surface area contributed by atoms with Crippen LogP contribution in [0.25, 0.3) is 5.69 Å². The SMILES string of the molecule is Cc1c(C(=O)N2CCN(CC(=O)NC(C)C)CC2)cnn1-c1ccc(F)cc1. The molecule has 1 aromatic carbocycles. The molecule has 0 unspecified atom stereocenters. The van der Waals surface area contributed by atoms with E-state index < -0.39 is 0 Å². The Labute approximate surface area is 164 Å². The largest absolute Gasteiger partial charge is 0.353 e. The van der Waals surface area contributed by atoms with Crippen LogP contribution in [0.5, 0.6) is 0 Å². The molecule has 0 aliphatic carbocycles. The molecule has 0 bridgehead atoms. The molecule has 2 amide bonds. The Hall–Kier alpha value is -2.74. The molecule has 0 spiro atoms. The zero-order chi connectivity index (χ0) is 20.3. The summed E-state index contributed by atoms with van der Waals surface area (Å²) in [5, 5.41) is 7.18. The van der Waals surface area contributed by atoms with E-state index in [-0.39, 0.29) is 23.7 Å². The lowest BCUT2D eigenvalue weighted by molar-refractivity contribution is -0.123. The number of rotatable bonds is 5. The van der Waals surface area contributed by atoms with Gasteiger partial charge in [-0.25, -0.2) is 9.07 Å². The van der Waals surface area contributed by atoms with Crippen molar-refractivity contribution in [1.82, 2.24) is 24.9 Å². The Balaban J connectivity index is 1.61. The molecule has 1 N–H and O–H groups in total. The third-order valence-electron chi connectivity index (χ3n) is 4.79. The van der Waals surface area contributed by atoms with Gasteiger partial charge in [0.25, 0.3) is 5.91 Å². The van der Waals surface area contributed by atoms with E-state index in [1.54, 1.807) is 27.9 Å². The maximum absolute atomic E-state index is 13.1. The monoisotopic (exact) mass is 387 g/mol. The van der Waals surface area contributed by atoms with Gasteiger partial charge in [0, 0.05) is 32.2 Å². The van der Waals surface area contributed by atoms with Gasteiger partial charge in [0.2, 0.25) is 5.91 Å². The number of nitrogens with zero attached hydrogens (tertiary/aromatic N) is 4. The highest BCUT2D eigenvalue weighted by atomic mass is 19.1. The van der Waals surface area contributed by atoms with Crippen LogP contribution < -0.4 is 5.32 Å². The summed E-state index contributed by atoms with van der Waals surface area (Å²) < 4.78 is 14.8. The van der Waals surface area contributed by atoms with E-state index >= 15 is 0 Å². The lowest BCUT2D eigenvalue weighted by Crippen LogP contribution is -2.51. The molecule has 1 aromatic heterocycles. The summed E-state index contributed by atoms with van der Waals surface area (Å²) in [5.41, 5.74) is 1.96. The van der Waals surface area contributed by atoms with Gasteiger partial charge in [-0.1, -0.05) is 0 Å². The summed E-state index contributed by atoms with van der Waals surface area (Å²) in [5.74, 6) is -0.381. The molecular weight excluding hydrogens is 361 g/mol. The summed E-state index contributed by atoms with van der Waals surface area (Å²) in [6.45, 7) is 8.48. The van der Waals surface area contributed by atoms with E-state index in [1.807, 2.05) is 20.8 Å². The number of carbonyl (C=O) groups is 2. The van der Waals surface area contributed by atoms with Crippen LogP contribution in [-0.4, -0.2) is 70.2 Å². The molecule has 0 saturated carbocycles. The molecule has 2 heterocycles. The van der Waals surface area contributed by atoms with Crippen LogP contribution in [0.2, 0.25) is 0 Å². The molecule has 2 aromatic rings. The first-order valence-corrected chi connectivity index (χ1v) is 9.46. The Bertz CT molecular complexity index is 839. The predicted octanol–water partition coefficient (Wildman–Crippen LogP) is 1.60. The molecule has 7 nitrogen and oxygen atoms in total.